The number of piperidine rings is 1. The zero-order valence-electron chi connectivity index (χ0n) is 11.7. The molecule has 20 heavy (non-hydrogen) atoms. The van der Waals surface area contributed by atoms with Crippen molar-refractivity contribution >= 4 is 16.3 Å². The van der Waals surface area contributed by atoms with Crippen LogP contribution in [0.2, 0.25) is 0 Å². The van der Waals surface area contributed by atoms with Gasteiger partial charge in [-0.05, 0) is 37.3 Å². The van der Waals surface area contributed by atoms with Crippen LogP contribution in [-0.2, 0) is 14.8 Å². The first-order chi connectivity index (χ1) is 9.41. The van der Waals surface area contributed by atoms with Gasteiger partial charge in [0.15, 0.2) is 0 Å². The van der Waals surface area contributed by atoms with Gasteiger partial charge in [0, 0.05) is 18.5 Å². The molecular weight excluding hydrogens is 274 g/mol. The van der Waals surface area contributed by atoms with Gasteiger partial charge in [0.1, 0.15) is 6.29 Å². The molecule has 1 aromatic carbocycles. The number of benzene rings is 1. The van der Waals surface area contributed by atoms with Crippen molar-refractivity contribution in [1.82, 2.24) is 4.31 Å². The summed E-state index contributed by atoms with van der Waals surface area (Å²) < 4.78 is 26.7. The number of sulfonamides is 1. The maximum absolute atomic E-state index is 12.6. The SMILES string of the molecule is Cc1ccc(S(=O)(=O)N2CC[C@@]3(C=O)C(C)[C@H]3C2)cc1. The van der Waals surface area contributed by atoms with Crippen LogP contribution in [0.15, 0.2) is 29.2 Å². The average molecular weight is 293 g/mol. The Balaban J connectivity index is 1.84. The number of rotatable bonds is 3. The molecule has 0 bridgehead atoms. The average Bonchev–Trinajstić information content (AvgIpc) is 3.04. The maximum atomic E-state index is 12.6. The molecule has 108 valence electrons. The Morgan fingerprint density at radius 1 is 1.30 bits per heavy atom. The Morgan fingerprint density at radius 2 is 1.95 bits per heavy atom. The molecule has 1 aliphatic carbocycles. The summed E-state index contributed by atoms with van der Waals surface area (Å²) in [7, 11) is -3.43. The van der Waals surface area contributed by atoms with E-state index >= 15 is 0 Å². The van der Waals surface area contributed by atoms with Crippen LogP contribution >= 0.6 is 0 Å². The van der Waals surface area contributed by atoms with Gasteiger partial charge in [-0.2, -0.15) is 4.31 Å². The minimum absolute atomic E-state index is 0.189. The summed E-state index contributed by atoms with van der Waals surface area (Å²) in [6.07, 6.45) is 1.69. The first-order valence-electron chi connectivity index (χ1n) is 6.95. The number of fused-ring (bicyclic) bond motifs is 1. The van der Waals surface area contributed by atoms with Gasteiger partial charge >= 0.3 is 0 Å². The normalized spacial score (nSPS) is 33.5. The highest BCUT2D eigenvalue weighted by atomic mass is 32.2. The van der Waals surface area contributed by atoms with Gasteiger partial charge in [0.25, 0.3) is 0 Å². The quantitative estimate of drug-likeness (QED) is 0.799. The van der Waals surface area contributed by atoms with E-state index in [4.69, 9.17) is 0 Å². The lowest BCUT2D eigenvalue weighted by molar-refractivity contribution is -0.113. The van der Waals surface area contributed by atoms with Crippen LogP contribution in [0.3, 0.4) is 0 Å². The van der Waals surface area contributed by atoms with Crippen LogP contribution in [0.4, 0.5) is 0 Å². The van der Waals surface area contributed by atoms with Crippen molar-refractivity contribution in [1.29, 1.82) is 0 Å². The van der Waals surface area contributed by atoms with Crippen LogP contribution in [-0.4, -0.2) is 32.1 Å². The van der Waals surface area contributed by atoms with E-state index in [1.807, 2.05) is 26.0 Å². The predicted molar refractivity (Wildman–Crippen MR) is 75.7 cm³/mol. The lowest BCUT2D eigenvalue weighted by atomic mass is 9.97. The maximum Gasteiger partial charge on any atom is 0.243 e. The van der Waals surface area contributed by atoms with Crippen LogP contribution in [0.25, 0.3) is 0 Å². The first-order valence-corrected chi connectivity index (χ1v) is 8.39. The number of aldehydes is 1. The Kier molecular flexibility index (Phi) is 3.03. The van der Waals surface area contributed by atoms with E-state index < -0.39 is 10.0 Å². The summed E-state index contributed by atoms with van der Waals surface area (Å²) in [4.78, 5) is 11.6. The molecule has 1 aromatic rings. The van der Waals surface area contributed by atoms with Crippen molar-refractivity contribution in [3.05, 3.63) is 29.8 Å². The Morgan fingerprint density at radius 3 is 2.50 bits per heavy atom. The van der Waals surface area contributed by atoms with Gasteiger partial charge in [-0.15, -0.1) is 0 Å². The largest absolute Gasteiger partial charge is 0.303 e. The zero-order chi connectivity index (χ0) is 14.5. The number of nitrogens with zero attached hydrogens (tertiary/aromatic N) is 1. The second kappa shape index (κ2) is 4.40. The van der Waals surface area contributed by atoms with Crippen LogP contribution in [0.1, 0.15) is 18.9 Å². The molecule has 4 nitrogen and oxygen atoms in total. The van der Waals surface area contributed by atoms with Gasteiger partial charge in [0.05, 0.1) is 4.90 Å². The Hall–Kier alpha value is -1.20. The molecule has 1 aliphatic heterocycles. The van der Waals surface area contributed by atoms with E-state index in [0.717, 1.165) is 11.8 Å². The molecule has 5 heteroatoms. The summed E-state index contributed by atoms with van der Waals surface area (Å²) >= 11 is 0. The number of carbonyl (C=O) groups excluding carboxylic acids is 1. The highest BCUT2D eigenvalue weighted by Gasteiger charge is 2.64. The fraction of sp³-hybridized carbons (Fsp3) is 0.533. The van der Waals surface area contributed by atoms with Gasteiger partial charge in [0.2, 0.25) is 10.0 Å². The molecule has 2 fully saturated rings. The molecule has 0 aromatic heterocycles. The second-order valence-electron chi connectivity index (χ2n) is 6.05. The minimum atomic E-state index is -3.43. The fourth-order valence-electron chi connectivity index (χ4n) is 3.46. The Bertz CT molecular complexity index is 638. The zero-order valence-corrected chi connectivity index (χ0v) is 12.6. The molecule has 0 radical (unpaired) electrons. The van der Waals surface area contributed by atoms with Gasteiger partial charge in [-0.1, -0.05) is 24.6 Å². The van der Waals surface area contributed by atoms with Crippen LogP contribution in [0.5, 0.6) is 0 Å². The smallest absolute Gasteiger partial charge is 0.243 e. The van der Waals surface area contributed by atoms with Gasteiger partial charge in [-0.25, -0.2) is 8.42 Å². The third kappa shape index (κ3) is 1.84. The molecule has 3 atom stereocenters. The van der Waals surface area contributed by atoms with E-state index in [0.29, 0.717) is 30.3 Å². The number of hydrogen-bond acceptors (Lipinski definition) is 3. The van der Waals surface area contributed by atoms with Crippen LogP contribution in [0, 0.1) is 24.2 Å². The predicted octanol–water partition coefficient (Wildman–Crippen LogP) is 1.84. The van der Waals surface area contributed by atoms with Crippen molar-refractivity contribution in [2.75, 3.05) is 13.1 Å². The Labute approximate surface area is 119 Å². The van der Waals surface area contributed by atoms with E-state index in [9.17, 15) is 13.2 Å². The minimum Gasteiger partial charge on any atom is -0.303 e. The van der Waals surface area contributed by atoms with Crippen molar-refractivity contribution in [2.24, 2.45) is 17.3 Å². The van der Waals surface area contributed by atoms with E-state index in [-0.39, 0.29) is 11.3 Å². The molecule has 1 saturated heterocycles. The van der Waals surface area contributed by atoms with E-state index in [1.165, 1.54) is 4.31 Å². The van der Waals surface area contributed by atoms with Gasteiger partial charge in [-0.3, -0.25) is 0 Å². The van der Waals surface area contributed by atoms with Gasteiger partial charge < -0.3 is 4.79 Å². The van der Waals surface area contributed by atoms with Crippen molar-refractivity contribution in [3.8, 4) is 0 Å². The van der Waals surface area contributed by atoms with Crippen LogP contribution < -0.4 is 0 Å². The third-order valence-electron chi connectivity index (χ3n) is 5.11. The van der Waals surface area contributed by atoms with Crippen molar-refractivity contribution in [3.63, 3.8) is 0 Å². The topological polar surface area (TPSA) is 54.5 Å². The standard InChI is InChI=1S/C15H19NO3S/c1-11-3-5-13(6-4-11)20(18,19)16-8-7-15(10-17)12(2)14(15)9-16/h3-6,10,12,14H,7-9H2,1-2H3/t12?,14-,15-/m1/s1. The third-order valence-corrected chi connectivity index (χ3v) is 6.98. The summed E-state index contributed by atoms with van der Waals surface area (Å²) in [5.74, 6) is 0.493. The first kappa shape index (κ1) is 13.8. The second-order valence-corrected chi connectivity index (χ2v) is 7.99. The van der Waals surface area contributed by atoms with E-state index in [2.05, 4.69) is 0 Å². The summed E-state index contributed by atoms with van der Waals surface area (Å²) in [5, 5.41) is 0. The lowest BCUT2D eigenvalue weighted by Crippen LogP contribution is -2.39. The fourth-order valence-corrected chi connectivity index (χ4v) is 4.92. The summed E-state index contributed by atoms with van der Waals surface area (Å²) in [5.41, 5.74) is 0.789. The molecule has 0 amide bonds. The van der Waals surface area contributed by atoms with E-state index in [1.54, 1.807) is 12.1 Å². The number of aryl methyl sites for hydroxylation is 1. The highest BCUT2D eigenvalue weighted by Crippen LogP contribution is 2.61. The van der Waals surface area contributed by atoms with Crippen molar-refractivity contribution in [2.45, 2.75) is 25.2 Å². The molecule has 1 heterocycles. The molecule has 0 spiro atoms. The number of hydrogen-bond donors (Lipinski definition) is 0. The summed E-state index contributed by atoms with van der Waals surface area (Å²) in [6, 6.07) is 6.93. The lowest BCUT2D eigenvalue weighted by Gasteiger charge is -2.28. The highest BCUT2D eigenvalue weighted by molar-refractivity contribution is 7.89. The molecule has 2 aliphatic rings. The molecule has 0 N–H and O–H groups in total. The molecule has 1 saturated carbocycles. The summed E-state index contributed by atoms with van der Waals surface area (Å²) in [6.45, 7) is 4.88. The molecule has 3 rings (SSSR count). The van der Waals surface area contributed by atoms with Crippen molar-refractivity contribution < 1.29 is 13.2 Å². The number of carbonyl (C=O) groups is 1. The monoisotopic (exact) mass is 293 g/mol. The molecular formula is C15H19NO3S. The molecule has 1 unspecified atom stereocenters.